The number of aromatic amines is 1. The van der Waals surface area contributed by atoms with Crippen LogP contribution in [-0.4, -0.2) is 9.55 Å². The van der Waals surface area contributed by atoms with Crippen molar-refractivity contribution >= 4 is 39.2 Å². The number of fused-ring (bicyclic) bond motifs is 1. The highest BCUT2D eigenvalue weighted by molar-refractivity contribution is 9.10. The SMILES string of the molecule is Cc1cc(-n2c(=S)[nH]c3ccc(Br)cc32)ccc1F. The van der Waals surface area contributed by atoms with Crippen molar-refractivity contribution in [1.82, 2.24) is 9.55 Å². The molecule has 3 rings (SSSR count). The molecule has 1 aromatic heterocycles. The van der Waals surface area contributed by atoms with Gasteiger partial charge in [-0.25, -0.2) is 4.39 Å². The number of aromatic nitrogens is 2. The van der Waals surface area contributed by atoms with Gasteiger partial charge in [0.1, 0.15) is 5.82 Å². The molecule has 5 heteroatoms. The lowest BCUT2D eigenvalue weighted by molar-refractivity contribution is 0.618. The van der Waals surface area contributed by atoms with Crippen LogP contribution in [0, 0.1) is 17.5 Å². The van der Waals surface area contributed by atoms with E-state index in [1.54, 1.807) is 19.1 Å². The zero-order valence-electron chi connectivity index (χ0n) is 10.1. The van der Waals surface area contributed by atoms with Crippen molar-refractivity contribution in [2.24, 2.45) is 0 Å². The number of imidazole rings is 1. The molecule has 0 fully saturated rings. The number of halogens is 2. The first-order chi connectivity index (χ1) is 9.06. The molecule has 0 spiro atoms. The molecular formula is C14H10BrFN2S. The topological polar surface area (TPSA) is 20.7 Å². The number of H-pyrrole nitrogens is 1. The maximum atomic E-state index is 13.4. The lowest BCUT2D eigenvalue weighted by atomic mass is 10.2. The maximum Gasteiger partial charge on any atom is 0.182 e. The van der Waals surface area contributed by atoms with E-state index in [-0.39, 0.29) is 5.82 Å². The molecule has 0 unspecified atom stereocenters. The molecular weight excluding hydrogens is 327 g/mol. The molecule has 0 atom stereocenters. The van der Waals surface area contributed by atoms with E-state index >= 15 is 0 Å². The summed E-state index contributed by atoms with van der Waals surface area (Å²) >= 11 is 8.81. The number of nitrogens with one attached hydrogen (secondary N) is 1. The minimum atomic E-state index is -0.212. The third-order valence-electron chi connectivity index (χ3n) is 3.05. The summed E-state index contributed by atoms with van der Waals surface area (Å²) in [4.78, 5) is 3.15. The lowest BCUT2D eigenvalue weighted by Crippen LogP contribution is -1.95. The van der Waals surface area contributed by atoms with Crippen molar-refractivity contribution < 1.29 is 4.39 Å². The van der Waals surface area contributed by atoms with Crippen LogP contribution in [0.3, 0.4) is 0 Å². The van der Waals surface area contributed by atoms with Gasteiger partial charge in [0, 0.05) is 10.2 Å². The van der Waals surface area contributed by atoms with Gasteiger partial charge in [0.25, 0.3) is 0 Å². The van der Waals surface area contributed by atoms with Gasteiger partial charge in [-0.15, -0.1) is 0 Å². The molecule has 0 aliphatic rings. The monoisotopic (exact) mass is 336 g/mol. The summed E-state index contributed by atoms with van der Waals surface area (Å²) in [5.74, 6) is -0.212. The molecule has 1 N–H and O–H groups in total. The zero-order valence-corrected chi connectivity index (χ0v) is 12.5. The van der Waals surface area contributed by atoms with E-state index in [2.05, 4.69) is 20.9 Å². The molecule has 3 aromatic rings. The van der Waals surface area contributed by atoms with Crippen LogP contribution in [0.15, 0.2) is 40.9 Å². The molecule has 0 radical (unpaired) electrons. The maximum absolute atomic E-state index is 13.4. The third-order valence-corrected chi connectivity index (χ3v) is 3.82. The van der Waals surface area contributed by atoms with Gasteiger partial charge in [0.2, 0.25) is 0 Å². The van der Waals surface area contributed by atoms with Crippen molar-refractivity contribution in [1.29, 1.82) is 0 Å². The number of nitrogens with zero attached hydrogens (tertiary/aromatic N) is 1. The van der Waals surface area contributed by atoms with Crippen LogP contribution >= 0.6 is 28.1 Å². The first-order valence-electron chi connectivity index (χ1n) is 5.73. The quantitative estimate of drug-likeness (QED) is 0.627. The second kappa shape index (κ2) is 4.58. The van der Waals surface area contributed by atoms with E-state index < -0.39 is 0 Å². The van der Waals surface area contributed by atoms with Crippen molar-refractivity contribution in [3.05, 3.63) is 57.0 Å². The number of hydrogen-bond acceptors (Lipinski definition) is 1. The summed E-state index contributed by atoms with van der Waals surface area (Å²) in [6, 6.07) is 10.9. The highest BCUT2D eigenvalue weighted by Crippen LogP contribution is 2.24. The van der Waals surface area contributed by atoms with Crippen LogP contribution in [0.5, 0.6) is 0 Å². The third kappa shape index (κ3) is 2.13. The van der Waals surface area contributed by atoms with Crippen molar-refractivity contribution in [2.45, 2.75) is 6.92 Å². The highest BCUT2D eigenvalue weighted by atomic mass is 79.9. The van der Waals surface area contributed by atoms with E-state index in [9.17, 15) is 4.39 Å². The molecule has 0 saturated heterocycles. The number of rotatable bonds is 1. The molecule has 2 nitrogen and oxygen atoms in total. The Balaban J connectivity index is 2.35. The van der Waals surface area contributed by atoms with Crippen LogP contribution in [0.25, 0.3) is 16.7 Å². The Labute approximate surface area is 123 Å². The van der Waals surface area contributed by atoms with E-state index in [1.807, 2.05) is 22.8 Å². The standard InChI is InChI=1S/C14H10BrFN2S/c1-8-6-10(3-4-11(8)16)18-13-7-9(15)2-5-12(13)17-14(18)19/h2-7H,1H3,(H,17,19). The fourth-order valence-electron chi connectivity index (χ4n) is 2.10. The summed E-state index contributed by atoms with van der Waals surface area (Å²) in [5, 5.41) is 0. The molecule has 0 bridgehead atoms. The Morgan fingerprint density at radius 2 is 2.00 bits per heavy atom. The fraction of sp³-hybridized carbons (Fsp3) is 0.0714. The molecule has 0 aliphatic carbocycles. The summed E-state index contributed by atoms with van der Waals surface area (Å²) < 4.78 is 16.8. The van der Waals surface area contributed by atoms with Crippen molar-refractivity contribution in [2.75, 3.05) is 0 Å². The van der Waals surface area contributed by atoms with Gasteiger partial charge in [-0.3, -0.25) is 4.57 Å². The van der Waals surface area contributed by atoms with Gasteiger partial charge in [0.05, 0.1) is 11.0 Å². The first-order valence-corrected chi connectivity index (χ1v) is 6.93. The first kappa shape index (κ1) is 12.6. The van der Waals surface area contributed by atoms with E-state index in [1.165, 1.54) is 6.07 Å². The Bertz CT molecular complexity index is 835. The molecule has 2 aromatic carbocycles. The second-order valence-corrected chi connectivity index (χ2v) is 5.66. The fourth-order valence-corrected chi connectivity index (χ4v) is 2.76. The molecule has 0 aliphatic heterocycles. The van der Waals surface area contributed by atoms with Crippen LogP contribution < -0.4 is 0 Å². The minimum absolute atomic E-state index is 0.212. The molecule has 0 saturated carbocycles. The normalized spacial score (nSPS) is 11.1. The summed E-state index contributed by atoms with van der Waals surface area (Å²) in [6.07, 6.45) is 0. The Morgan fingerprint density at radius 1 is 1.21 bits per heavy atom. The number of hydrogen-bond donors (Lipinski definition) is 1. The van der Waals surface area contributed by atoms with Crippen LogP contribution in [-0.2, 0) is 0 Å². The molecule has 19 heavy (non-hydrogen) atoms. The highest BCUT2D eigenvalue weighted by Gasteiger charge is 2.08. The molecule has 1 heterocycles. The summed E-state index contributed by atoms with van der Waals surface area (Å²) in [5.41, 5.74) is 3.37. The average molecular weight is 337 g/mol. The zero-order chi connectivity index (χ0) is 13.6. The van der Waals surface area contributed by atoms with Gasteiger partial charge in [-0.05, 0) is 61.1 Å². The second-order valence-electron chi connectivity index (χ2n) is 4.36. The Kier molecular flexibility index (Phi) is 3.03. The van der Waals surface area contributed by atoms with Crippen LogP contribution in [0.1, 0.15) is 5.56 Å². The van der Waals surface area contributed by atoms with Gasteiger partial charge in [-0.2, -0.15) is 0 Å². The molecule has 0 amide bonds. The van der Waals surface area contributed by atoms with Crippen LogP contribution in [0.4, 0.5) is 4.39 Å². The van der Waals surface area contributed by atoms with Gasteiger partial charge >= 0.3 is 0 Å². The minimum Gasteiger partial charge on any atom is -0.330 e. The Morgan fingerprint density at radius 3 is 2.74 bits per heavy atom. The predicted octanol–water partition coefficient (Wildman–Crippen LogP) is 4.90. The molecule has 96 valence electrons. The summed E-state index contributed by atoms with van der Waals surface area (Å²) in [6.45, 7) is 1.74. The lowest BCUT2D eigenvalue weighted by Gasteiger charge is -2.06. The van der Waals surface area contributed by atoms with E-state index in [4.69, 9.17) is 12.2 Å². The predicted molar refractivity (Wildman–Crippen MR) is 80.9 cm³/mol. The van der Waals surface area contributed by atoms with Crippen molar-refractivity contribution in [3.8, 4) is 5.69 Å². The number of aryl methyl sites for hydroxylation is 1. The van der Waals surface area contributed by atoms with Gasteiger partial charge in [-0.1, -0.05) is 15.9 Å². The van der Waals surface area contributed by atoms with E-state index in [0.29, 0.717) is 10.3 Å². The van der Waals surface area contributed by atoms with Crippen LogP contribution in [0.2, 0.25) is 0 Å². The number of benzene rings is 2. The average Bonchev–Trinajstić information content (AvgIpc) is 2.68. The van der Waals surface area contributed by atoms with Gasteiger partial charge < -0.3 is 4.98 Å². The summed E-state index contributed by atoms with van der Waals surface area (Å²) in [7, 11) is 0. The van der Waals surface area contributed by atoms with Gasteiger partial charge in [0.15, 0.2) is 4.77 Å². The van der Waals surface area contributed by atoms with Crippen molar-refractivity contribution in [3.63, 3.8) is 0 Å². The smallest absolute Gasteiger partial charge is 0.182 e. The van der Waals surface area contributed by atoms with E-state index in [0.717, 1.165) is 21.2 Å². The largest absolute Gasteiger partial charge is 0.330 e. The Hall–Kier alpha value is -1.46.